The van der Waals surface area contributed by atoms with Crippen molar-refractivity contribution in [2.24, 2.45) is 0 Å². The molecule has 7 nitrogen and oxygen atoms in total. The second-order valence-corrected chi connectivity index (χ2v) is 3.44. The largest absolute Gasteiger partial charge is 0.511 e. The Morgan fingerprint density at radius 3 is 2.71 bits per heavy atom. The Morgan fingerprint density at radius 2 is 2.18 bits per heavy atom. The van der Waals surface area contributed by atoms with Gasteiger partial charge in [-0.15, -0.1) is 0 Å². The van der Waals surface area contributed by atoms with Crippen molar-refractivity contribution in [3.63, 3.8) is 0 Å². The van der Waals surface area contributed by atoms with Crippen LogP contribution in [0.4, 0.5) is 10.7 Å². The van der Waals surface area contributed by atoms with Crippen LogP contribution in [0.25, 0.3) is 0 Å². The molecule has 1 atom stereocenters. The van der Waals surface area contributed by atoms with Gasteiger partial charge in [0.1, 0.15) is 0 Å². The van der Waals surface area contributed by atoms with E-state index >= 15 is 0 Å². The van der Waals surface area contributed by atoms with E-state index in [1.807, 2.05) is 6.92 Å². The van der Waals surface area contributed by atoms with Crippen LogP contribution in [0.3, 0.4) is 0 Å². The summed E-state index contributed by atoms with van der Waals surface area (Å²) < 4.78 is 9.33. The third-order valence-corrected chi connectivity index (χ3v) is 1.96. The third-order valence-electron chi connectivity index (χ3n) is 1.96. The van der Waals surface area contributed by atoms with Crippen LogP contribution in [-0.4, -0.2) is 41.0 Å². The fourth-order valence-corrected chi connectivity index (χ4v) is 1.13. The average Bonchev–Trinajstić information content (AvgIpc) is 2.28. The average molecular weight is 241 g/mol. The van der Waals surface area contributed by atoms with Gasteiger partial charge in [-0.05, 0) is 13.3 Å². The van der Waals surface area contributed by atoms with Crippen LogP contribution >= 0.6 is 0 Å². The summed E-state index contributed by atoms with van der Waals surface area (Å²) in [7, 11) is 1.64. The van der Waals surface area contributed by atoms with Gasteiger partial charge in [0, 0.05) is 19.8 Å². The molecule has 1 aromatic heterocycles. The molecule has 0 bridgehead atoms. The van der Waals surface area contributed by atoms with Crippen molar-refractivity contribution in [2.75, 3.05) is 19.0 Å². The molecular formula is C10H15N3O4. The lowest BCUT2D eigenvalue weighted by Crippen LogP contribution is -2.18. The number of hydrogen-bond donors (Lipinski definition) is 2. The molecule has 1 unspecified atom stereocenters. The van der Waals surface area contributed by atoms with Gasteiger partial charge in [-0.25, -0.2) is 14.8 Å². The van der Waals surface area contributed by atoms with Crippen LogP contribution in [0.1, 0.15) is 13.3 Å². The molecule has 2 N–H and O–H groups in total. The highest BCUT2D eigenvalue weighted by molar-refractivity contribution is 5.60. The lowest BCUT2D eigenvalue weighted by molar-refractivity contribution is 0.144. The Hall–Kier alpha value is -1.89. The highest BCUT2D eigenvalue weighted by Gasteiger charge is 2.05. The molecule has 0 saturated carbocycles. The van der Waals surface area contributed by atoms with E-state index in [9.17, 15) is 4.79 Å². The first-order valence-electron chi connectivity index (χ1n) is 5.10. The number of hydrogen-bond acceptors (Lipinski definition) is 6. The maximum absolute atomic E-state index is 10.2. The molecule has 1 rings (SSSR count). The van der Waals surface area contributed by atoms with Gasteiger partial charge < -0.3 is 19.9 Å². The number of carboxylic acid groups (broad SMARTS) is 1. The van der Waals surface area contributed by atoms with E-state index in [2.05, 4.69) is 20.0 Å². The number of carbonyl (C=O) groups is 1. The van der Waals surface area contributed by atoms with Gasteiger partial charge in [0.25, 0.3) is 0 Å². The molecule has 1 aromatic rings. The number of anilines is 1. The Balaban J connectivity index is 2.47. The predicted molar refractivity (Wildman–Crippen MR) is 60.3 cm³/mol. The first kappa shape index (κ1) is 13.2. The van der Waals surface area contributed by atoms with Crippen molar-refractivity contribution in [3.05, 3.63) is 12.4 Å². The molecule has 17 heavy (non-hydrogen) atoms. The van der Waals surface area contributed by atoms with E-state index in [1.54, 1.807) is 7.11 Å². The van der Waals surface area contributed by atoms with Gasteiger partial charge in [-0.3, -0.25) is 0 Å². The van der Waals surface area contributed by atoms with Crippen molar-refractivity contribution in [1.82, 2.24) is 9.97 Å². The molecule has 94 valence electrons. The minimum Gasteiger partial charge on any atom is -0.449 e. The van der Waals surface area contributed by atoms with Crippen LogP contribution in [0.2, 0.25) is 0 Å². The second kappa shape index (κ2) is 6.64. The Labute approximate surface area is 98.8 Å². The van der Waals surface area contributed by atoms with E-state index in [0.717, 1.165) is 6.42 Å². The van der Waals surface area contributed by atoms with E-state index < -0.39 is 6.16 Å². The molecule has 0 amide bonds. The number of aromatic nitrogens is 2. The number of nitrogens with one attached hydrogen (secondary N) is 1. The highest BCUT2D eigenvalue weighted by atomic mass is 16.7. The summed E-state index contributed by atoms with van der Waals surface area (Å²) in [6, 6.07) is 0.168. The molecule has 0 fully saturated rings. The first-order chi connectivity index (χ1) is 8.11. The monoisotopic (exact) mass is 241 g/mol. The van der Waals surface area contributed by atoms with Gasteiger partial charge in [0.15, 0.2) is 5.75 Å². The molecular weight excluding hydrogens is 226 g/mol. The minimum absolute atomic E-state index is 0.0904. The van der Waals surface area contributed by atoms with Crippen LogP contribution < -0.4 is 10.1 Å². The summed E-state index contributed by atoms with van der Waals surface area (Å²) in [5.41, 5.74) is 0. The van der Waals surface area contributed by atoms with E-state index in [4.69, 9.17) is 9.84 Å². The number of nitrogens with zero attached hydrogens (tertiary/aromatic N) is 2. The van der Waals surface area contributed by atoms with Crippen molar-refractivity contribution >= 4 is 12.1 Å². The van der Waals surface area contributed by atoms with E-state index in [1.165, 1.54) is 12.4 Å². The molecule has 0 aliphatic carbocycles. The smallest absolute Gasteiger partial charge is 0.449 e. The van der Waals surface area contributed by atoms with E-state index in [0.29, 0.717) is 12.6 Å². The van der Waals surface area contributed by atoms with Gasteiger partial charge in [0.2, 0.25) is 5.95 Å². The highest BCUT2D eigenvalue weighted by Crippen LogP contribution is 2.09. The summed E-state index contributed by atoms with van der Waals surface area (Å²) in [6.45, 7) is 2.62. The molecule has 0 radical (unpaired) electrons. The van der Waals surface area contributed by atoms with Gasteiger partial charge >= 0.3 is 6.16 Å². The number of ether oxygens (including phenoxy) is 2. The summed E-state index contributed by atoms with van der Waals surface area (Å²) in [5, 5.41) is 11.4. The van der Waals surface area contributed by atoms with Gasteiger partial charge in [-0.1, -0.05) is 0 Å². The summed E-state index contributed by atoms with van der Waals surface area (Å²) >= 11 is 0. The normalized spacial score (nSPS) is 11.9. The number of rotatable bonds is 6. The molecule has 7 heteroatoms. The SMILES string of the molecule is COCCC(C)Nc1ncc(OC(=O)O)cn1. The van der Waals surface area contributed by atoms with Gasteiger partial charge in [0.05, 0.1) is 12.4 Å². The summed E-state index contributed by atoms with van der Waals surface area (Å²) in [5.74, 6) is 0.513. The Morgan fingerprint density at radius 1 is 1.53 bits per heavy atom. The van der Waals surface area contributed by atoms with Crippen LogP contribution in [0.15, 0.2) is 12.4 Å². The maximum atomic E-state index is 10.2. The molecule has 0 aromatic carbocycles. The topological polar surface area (TPSA) is 93.6 Å². The lowest BCUT2D eigenvalue weighted by atomic mass is 10.2. The van der Waals surface area contributed by atoms with Crippen LogP contribution in [-0.2, 0) is 4.74 Å². The van der Waals surface area contributed by atoms with Crippen molar-refractivity contribution in [2.45, 2.75) is 19.4 Å². The Bertz CT molecular complexity index is 355. The Kier molecular flexibility index (Phi) is 5.15. The van der Waals surface area contributed by atoms with Crippen LogP contribution in [0, 0.1) is 0 Å². The fourth-order valence-electron chi connectivity index (χ4n) is 1.13. The van der Waals surface area contributed by atoms with Crippen molar-refractivity contribution in [3.8, 4) is 5.75 Å². The molecule has 0 spiro atoms. The van der Waals surface area contributed by atoms with E-state index in [-0.39, 0.29) is 11.8 Å². The molecule has 1 heterocycles. The number of methoxy groups -OCH3 is 1. The third kappa shape index (κ3) is 5.12. The van der Waals surface area contributed by atoms with Gasteiger partial charge in [-0.2, -0.15) is 0 Å². The zero-order valence-corrected chi connectivity index (χ0v) is 9.71. The van der Waals surface area contributed by atoms with Crippen molar-refractivity contribution in [1.29, 1.82) is 0 Å². The molecule has 0 aliphatic rings. The fraction of sp³-hybridized carbons (Fsp3) is 0.500. The van der Waals surface area contributed by atoms with Crippen molar-refractivity contribution < 1.29 is 19.4 Å². The summed E-state index contributed by atoms with van der Waals surface area (Å²) in [4.78, 5) is 18.1. The zero-order valence-electron chi connectivity index (χ0n) is 9.71. The summed E-state index contributed by atoms with van der Waals surface area (Å²) in [6.07, 6.45) is 2.04. The second-order valence-electron chi connectivity index (χ2n) is 3.44. The first-order valence-corrected chi connectivity index (χ1v) is 5.10. The zero-order chi connectivity index (χ0) is 12.7. The quantitative estimate of drug-likeness (QED) is 0.726. The lowest BCUT2D eigenvalue weighted by Gasteiger charge is -2.12. The standard InChI is InChI=1S/C10H15N3O4/c1-7(3-4-16-2)13-9-11-5-8(6-12-9)17-10(14)15/h5-7H,3-4H2,1-2H3,(H,14,15)(H,11,12,13). The minimum atomic E-state index is -1.39. The predicted octanol–water partition coefficient (Wildman–Crippen LogP) is 1.37. The maximum Gasteiger partial charge on any atom is 0.511 e. The molecule has 0 saturated heterocycles. The van der Waals surface area contributed by atoms with Crippen LogP contribution in [0.5, 0.6) is 5.75 Å². The molecule has 0 aliphatic heterocycles.